The Morgan fingerprint density at radius 1 is 0.926 bits per heavy atom. The molecule has 0 aromatic carbocycles. The number of piperidine rings is 1. The van der Waals surface area contributed by atoms with Gasteiger partial charge in [0.05, 0.1) is 5.92 Å². The van der Waals surface area contributed by atoms with E-state index in [9.17, 15) is 9.59 Å². The van der Waals surface area contributed by atoms with Gasteiger partial charge in [-0.05, 0) is 44.2 Å². The highest BCUT2D eigenvalue weighted by Gasteiger charge is 2.35. The maximum absolute atomic E-state index is 13.0. The maximum Gasteiger partial charge on any atom is 0.253 e. The number of hydrogen-bond donors (Lipinski definition) is 1. The minimum atomic E-state index is -0.0591. The largest absolute Gasteiger partial charge is 0.341 e. The van der Waals surface area contributed by atoms with Gasteiger partial charge < -0.3 is 15.1 Å². The number of halogens is 2. The van der Waals surface area contributed by atoms with E-state index in [0.717, 1.165) is 38.9 Å². The van der Waals surface area contributed by atoms with Gasteiger partial charge in [-0.3, -0.25) is 14.6 Å². The molecule has 1 aromatic heterocycles. The summed E-state index contributed by atoms with van der Waals surface area (Å²) in [5.74, 6) is 0.189. The zero-order valence-electron chi connectivity index (χ0n) is 15.4. The van der Waals surface area contributed by atoms with E-state index >= 15 is 0 Å². The van der Waals surface area contributed by atoms with Crippen LogP contribution >= 0.6 is 24.8 Å². The summed E-state index contributed by atoms with van der Waals surface area (Å²) in [4.78, 5) is 33.6. The third-order valence-corrected chi connectivity index (χ3v) is 5.82. The van der Waals surface area contributed by atoms with Crippen molar-refractivity contribution in [3.63, 3.8) is 0 Å². The van der Waals surface area contributed by atoms with E-state index in [1.165, 1.54) is 12.8 Å². The molecule has 27 heavy (non-hydrogen) atoms. The highest BCUT2D eigenvalue weighted by molar-refractivity contribution is 5.94. The van der Waals surface area contributed by atoms with Crippen molar-refractivity contribution in [2.24, 2.45) is 5.92 Å². The van der Waals surface area contributed by atoms with Gasteiger partial charge in [0.25, 0.3) is 5.91 Å². The molecule has 3 unspecified atom stereocenters. The molecule has 0 spiro atoms. The second-order valence-electron chi connectivity index (χ2n) is 7.54. The number of rotatable bonds is 2. The van der Waals surface area contributed by atoms with Crippen LogP contribution in [-0.4, -0.2) is 64.9 Å². The summed E-state index contributed by atoms with van der Waals surface area (Å²) in [5.41, 5.74) is 0.652. The van der Waals surface area contributed by atoms with E-state index in [2.05, 4.69) is 10.3 Å². The van der Waals surface area contributed by atoms with Crippen LogP contribution in [0, 0.1) is 5.92 Å². The molecule has 2 bridgehead atoms. The fraction of sp³-hybridized carbons (Fsp3) is 0.632. The van der Waals surface area contributed by atoms with Crippen molar-refractivity contribution in [1.29, 1.82) is 0 Å². The topological polar surface area (TPSA) is 65.5 Å². The summed E-state index contributed by atoms with van der Waals surface area (Å²) in [5, 5.41) is 3.62. The van der Waals surface area contributed by atoms with Crippen molar-refractivity contribution in [3.05, 3.63) is 30.1 Å². The zero-order chi connectivity index (χ0) is 17.2. The molecule has 4 rings (SSSR count). The fourth-order valence-electron chi connectivity index (χ4n) is 4.44. The molecule has 2 amide bonds. The van der Waals surface area contributed by atoms with Gasteiger partial charge in [-0.15, -0.1) is 24.8 Å². The van der Waals surface area contributed by atoms with Gasteiger partial charge in [-0.2, -0.15) is 0 Å². The van der Waals surface area contributed by atoms with Gasteiger partial charge in [0, 0.05) is 56.2 Å². The van der Waals surface area contributed by atoms with E-state index in [4.69, 9.17) is 0 Å². The fourth-order valence-corrected chi connectivity index (χ4v) is 4.44. The Hall–Kier alpha value is -1.37. The predicted molar refractivity (Wildman–Crippen MR) is 109 cm³/mol. The molecule has 150 valence electrons. The van der Waals surface area contributed by atoms with Gasteiger partial charge in [0.15, 0.2) is 0 Å². The van der Waals surface area contributed by atoms with Gasteiger partial charge >= 0.3 is 0 Å². The molecule has 0 radical (unpaired) electrons. The standard InChI is InChI=1S/C19H26N4O2.2ClH/c24-18(14-5-8-20-9-6-14)22-10-1-2-15(12-22)19(25)23-11-7-16-3-4-17(13-23)21-16;;/h5-6,8-9,15-17,21H,1-4,7,10-13H2;2*1H. The van der Waals surface area contributed by atoms with Crippen LogP contribution in [0.25, 0.3) is 0 Å². The first-order valence-corrected chi connectivity index (χ1v) is 9.45. The lowest BCUT2D eigenvalue weighted by Gasteiger charge is -2.35. The van der Waals surface area contributed by atoms with E-state index in [-0.39, 0.29) is 42.5 Å². The summed E-state index contributed by atoms with van der Waals surface area (Å²) in [6.07, 6.45) is 8.52. The number of likely N-dealkylation sites (tertiary alicyclic amines) is 2. The van der Waals surface area contributed by atoms with Gasteiger partial charge in [-0.1, -0.05) is 0 Å². The molecule has 1 aromatic rings. The molecule has 4 heterocycles. The number of carbonyl (C=O) groups is 2. The molecule has 0 aliphatic carbocycles. The Morgan fingerprint density at radius 2 is 1.67 bits per heavy atom. The SMILES string of the molecule is Cl.Cl.O=C(c1ccncc1)N1CCCC(C(=O)N2CCC3CCC(C2)N3)C1. The van der Waals surface area contributed by atoms with Crippen molar-refractivity contribution in [3.8, 4) is 0 Å². The summed E-state index contributed by atoms with van der Waals surface area (Å²) >= 11 is 0. The van der Waals surface area contributed by atoms with Crippen LogP contribution in [0.4, 0.5) is 0 Å². The molecule has 3 saturated heterocycles. The van der Waals surface area contributed by atoms with E-state index < -0.39 is 0 Å². The summed E-state index contributed by atoms with van der Waals surface area (Å²) in [6.45, 7) is 2.95. The zero-order valence-corrected chi connectivity index (χ0v) is 17.0. The molecular weight excluding hydrogens is 387 g/mol. The quantitative estimate of drug-likeness (QED) is 0.804. The minimum absolute atomic E-state index is 0. The molecule has 3 atom stereocenters. The van der Waals surface area contributed by atoms with Gasteiger partial charge in [-0.25, -0.2) is 0 Å². The van der Waals surface area contributed by atoms with Crippen LogP contribution in [0.5, 0.6) is 0 Å². The highest BCUT2D eigenvalue weighted by Crippen LogP contribution is 2.25. The smallest absolute Gasteiger partial charge is 0.253 e. The van der Waals surface area contributed by atoms with Crippen LogP contribution in [0.3, 0.4) is 0 Å². The number of carbonyl (C=O) groups excluding carboxylic acids is 2. The monoisotopic (exact) mass is 414 g/mol. The van der Waals surface area contributed by atoms with Gasteiger partial charge in [0.2, 0.25) is 5.91 Å². The first-order valence-electron chi connectivity index (χ1n) is 9.45. The molecular formula is C19H28Cl2N4O2. The molecule has 6 nitrogen and oxygen atoms in total. The van der Waals surface area contributed by atoms with Crippen LogP contribution < -0.4 is 5.32 Å². The molecule has 8 heteroatoms. The van der Waals surface area contributed by atoms with Crippen molar-refractivity contribution < 1.29 is 9.59 Å². The lowest BCUT2D eigenvalue weighted by Crippen LogP contribution is -2.48. The number of pyridine rings is 1. The number of nitrogens with zero attached hydrogens (tertiary/aromatic N) is 3. The number of nitrogens with one attached hydrogen (secondary N) is 1. The van der Waals surface area contributed by atoms with Crippen LogP contribution in [0.1, 0.15) is 42.5 Å². The lowest BCUT2D eigenvalue weighted by atomic mass is 9.95. The van der Waals surface area contributed by atoms with Crippen molar-refractivity contribution in [2.75, 3.05) is 26.2 Å². The predicted octanol–water partition coefficient (Wildman–Crippen LogP) is 2.13. The Morgan fingerprint density at radius 3 is 2.44 bits per heavy atom. The molecule has 3 aliphatic heterocycles. The number of aromatic nitrogens is 1. The second-order valence-corrected chi connectivity index (χ2v) is 7.54. The van der Waals surface area contributed by atoms with Crippen molar-refractivity contribution in [2.45, 2.75) is 44.2 Å². The second kappa shape index (κ2) is 9.71. The average Bonchev–Trinajstić information content (AvgIpc) is 3.00. The minimum Gasteiger partial charge on any atom is -0.341 e. The molecule has 0 saturated carbocycles. The van der Waals surface area contributed by atoms with Crippen LogP contribution in [0.2, 0.25) is 0 Å². The normalized spacial score (nSPS) is 27.2. The van der Waals surface area contributed by atoms with Gasteiger partial charge in [0.1, 0.15) is 0 Å². The Kier molecular flexibility index (Phi) is 7.89. The summed E-state index contributed by atoms with van der Waals surface area (Å²) < 4.78 is 0. The molecule has 3 fully saturated rings. The third kappa shape index (κ3) is 4.92. The first-order chi connectivity index (χ1) is 12.2. The van der Waals surface area contributed by atoms with Crippen LogP contribution in [0.15, 0.2) is 24.5 Å². The summed E-state index contributed by atoms with van der Waals surface area (Å²) in [7, 11) is 0. The van der Waals surface area contributed by atoms with E-state index in [1.54, 1.807) is 24.5 Å². The molecule has 3 aliphatic rings. The van der Waals surface area contributed by atoms with E-state index in [1.807, 2.05) is 9.80 Å². The van der Waals surface area contributed by atoms with Crippen molar-refractivity contribution in [1.82, 2.24) is 20.1 Å². The number of fused-ring (bicyclic) bond motifs is 2. The van der Waals surface area contributed by atoms with Crippen LogP contribution in [-0.2, 0) is 4.79 Å². The van der Waals surface area contributed by atoms with Crippen molar-refractivity contribution >= 4 is 36.6 Å². The highest BCUT2D eigenvalue weighted by atomic mass is 35.5. The molecule has 1 N–H and O–H groups in total. The third-order valence-electron chi connectivity index (χ3n) is 5.82. The number of hydrogen-bond acceptors (Lipinski definition) is 4. The van der Waals surface area contributed by atoms with E-state index in [0.29, 0.717) is 24.2 Å². The Labute approximate surface area is 172 Å². The number of amides is 2. The Balaban J connectivity index is 0.00000131. The Bertz CT molecular complexity index is 646. The summed E-state index contributed by atoms with van der Waals surface area (Å²) in [6, 6.07) is 4.52. The lowest BCUT2D eigenvalue weighted by molar-refractivity contribution is -0.137. The maximum atomic E-state index is 13.0. The first kappa shape index (κ1) is 21.9. The average molecular weight is 415 g/mol.